The van der Waals surface area contributed by atoms with Crippen molar-refractivity contribution in [2.24, 2.45) is 0 Å². The zero-order valence-electron chi connectivity index (χ0n) is 14.4. The zero-order valence-corrected chi connectivity index (χ0v) is 15.2. The summed E-state index contributed by atoms with van der Waals surface area (Å²) in [5, 5.41) is 9.58. The third-order valence-corrected chi connectivity index (χ3v) is 4.27. The first kappa shape index (κ1) is 18.3. The first-order valence-corrected chi connectivity index (χ1v) is 8.96. The molecule has 1 N–H and O–H groups in total. The Morgan fingerprint density at radius 1 is 0.808 bits per heavy atom. The van der Waals surface area contributed by atoms with Crippen molar-refractivity contribution in [2.45, 2.75) is 19.4 Å². The summed E-state index contributed by atoms with van der Waals surface area (Å²) in [6, 6.07) is 23.2. The van der Waals surface area contributed by atoms with Gasteiger partial charge in [0, 0.05) is 17.7 Å². The van der Waals surface area contributed by atoms with Crippen LogP contribution in [0.5, 0.6) is 17.2 Å². The third kappa shape index (κ3) is 5.25. The highest BCUT2D eigenvalue weighted by Gasteiger charge is 2.05. The molecule has 0 amide bonds. The standard InChI is InChI=1S/C22H21ClO3/c23-22-15-21(12-11-18(22)8-5-13-24)26-20-10-4-9-19(14-20)25-16-17-6-2-1-3-7-17/h1-4,6-7,9-12,14-15,24H,5,8,13,16H2. The van der Waals surface area contributed by atoms with Gasteiger partial charge in [-0.1, -0.05) is 54.1 Å². The number of hydrogen-bond donors (Lipinski definition) is 1. The summed E-state index contributed by atoms with van der Waals surface area (Å²) < 4.78 is 11.7. The monoisotopic (exact) mass is 368 g/mol. The second kappa shape index (κ2) is 9.27. The molecule has 0 bridgehead atoms. The number of aliphatic hydroxyl groups is 1. The molecule has 0 aliphatic rings. The number of aryl methyl sites for hydroxylation is 1. The maximum absolute atomic E-state index is 8.93. The van der Waals surface area contributed by atoms with E-state index in [0.29, 0.717) is 29.5 Å². The van der Waals surface area contributed by atoms with Gasteiger partial charge in [0.25, 0.3) is 0 Å². The molecule has 0 atom stereocenters. The number of benzene rings is 3. The molecule has 0 saturated carbocycles. The highest BCUT2D eigenvalue weighted by molar-refractivity contribution is 6.31. The lowest BCUT2D eigenvalue weighted by Gasteiger charge is -2.11. The van der Waals surface area contributed by atoms with Crippen LogP contribution in [0.3, 0.4) is 0 Å². The van der Waals surface area contributed by atoms with Crippen molar-refractivity contribution in [3.05, 3.63) is 88.9 Å². The van der Waals surface area contributed by atoms with Crippen LogP contribution in [0.1, 0.15) is 17.5 Å². The van der Waals surface area contributed by atoms with Gasteiger partial charge >= 0.3 is 0 Å². The van der Waals surface area contributed by atoms with Crippen molar-refractivity contribution in [1.29, 1.82) is 0 Å². The van der Waals surface area contributed by atoms with Crippen LogP contribution in [0.4, 0.5) is 0 Å². The molecule has 3 aromatic carbocycles. The normalized spacial score (nSPS) is 10.5. The molecule has 0 radical (unpaired) electrons. The summed E-state index contributed by atoms with van der Waals surface area (Å²) in [7, 11) is 0. The molecule has 134 valence electrons. The Hall–Kier alpha value is -2.49. The molecule has 3 nitrogen and oxygen atoms in total. The molecule has 0 fully saturated rings. The molecule has 26 heavy (non-hydrogen) atoms. The van der Waals surface area contributed by atoms with E-state index in [1.807, 2.05) is 66.7 Å². The predicted octanol–water partition coefficient (Wildman–Crippen LogP) is 5.64. The van der Waals surface area contributed by atoms with Gasteiger partial charge in [0.2, 0.25) is 0 Å². The Balaban J connectivity index is 1.64. The van der Waals surface area contributed by atoms with Gasteiger partial charge in [-0.25, -0.2) is 0 Å². The van der Waals surface area contributed by atoms with Crippen molar-refractivity contribution >= 4 is 11.6 Å². The Labute approximate surface area is 158 Å². The van der Waals surface area contributed by atoms with E-state index in [9.17, 15) is 0 Å². The molecule has 0 aliphatic carbocycles. The Kier molecular flexibility index (Phi) is 6.53. The van der Waals surface area contributed by atoms with Gasteiger partial charge < -0.3 is 14.6 Å². The Bertz CT molecular complexity index is 834. The molecule has 0 saturated heterocycles. The summed E-state index contributed by atoms with van der Waals surface area (Å²) >= 11 is 6.29. The van der Waals surface area contributed by atoms with Crippen molar-refractivity contribution < 1.29 is 14.6 Å². The van der Waals surface area contributed by atoms with Crippen molar-refractivity contribution in [2.75, 3.05) is 6.61 Å². The van der Waals surface area contributed by atoms with Gasteiger partial charge in [0.05, 0.1) is 0 Å². The molecule has 0 heterocycles. The summed E-state index contributed by atoms with van der Waals surface area (Å²) in [5.41, 5.74) is 2.12. The van der Waals surface area contributed by atoms with Gasteiger partial charge in [-0.3, -0.25) is 0 Å². The van der Waals surface area contributed by atoms with Crippen LogP contribution in [0, 0.1) is 0 Å². The highest BCUT2D eigenvalue weighted by atomic mass is 35.5. The van der Waals surface area contributed by atoms with Crippen molar-refractivity contribution in [3.63, 3.8) is 0 Å². The number of ether oxygens (including phenoxy) is 2. The molecular formula is C22H21ClO3. The lowest BCUT2D eigenvalue weighted by atomic mass is 10.1. The lowest BCUT2D eigenvalue weighted by Crippen LogP contribution is -1.95. The number of hydrogen-bond acceptors (Lipinski definition) is 3. The molecule has 4 heteroatoms. The van der Waals surface area contributed by atoms with Crippen molar-refractivity contribution in [1.82, 2.24) is 0 Å². The molecular weight excluding hydrogens is 348 g/mol. The number of aliphatic hydroxyl groups excluding tert-OH is 1. The first-order valence-electron chi connectivity index (χ1n) is 8.58. The topological polar surface area (TPSA) is 38.7 Å². The molecule has 0 spiro atoms. The van der Waals surface area contributed by atoms with Crippen LogP contribution in [-0.2, 0) is 13.0 Å². The van der Waals surface area contributed by atoms with E-state index in [-0.39, 0.29) is 6.61 Å². The predicted molar refractivity (Wildman–Crippen MR) is 104 cm³/mol. The van der Waals surface area contributed by atoms with Gasteiger partial charge in [-0.2, -0.15) is 0 Å². The van der Waals surface area contributed by atoms with Crippen LogP contribution in [0.15, 0.2) is 72.8 Å². The van der Waals surface area contributed by atoms with E-state index in [1.165, 1.54) is 0 Å². The smallest absolute Gasteiger partial charge is 0.131 e. The van der Waals surface area contributed by atoms with Gasteiger partial charge in [-0.15, -0.1) is 0 Å². The summed E-state index contributed by atoms with van der Waals surface area (Å²) in [4.78, 5) is 0. The summed E-state index contributed by atoms with van der Waals surface area (Å²) in [6.07, 6.45) is 1.44. The van der Waals surface area contributed by atoms with Crippen LogP contribution in [0.25, 0.3) is 0 Å². The Morgan fingerprint density at radius 2 is 1.58 bits per heavy atom. The minimum atomic E-state index is 0.157. The summed E-state index contributed by atoms with van der Waals surface area (Å²) in [6.45, 7) is 0.667. The second-order valence-corrected chi connectivity index (χ2v) is 6.34. The van der Waals surface area contributed by atoms with E-state index in [4.69, 9.17) is 26.2 Å². The van der Waals surface area contributed by atoms with E-state index in [0.717, 1.165) is 23.3 Å². The minimum Gasteiger partial charge on any atom is -0.489 e. The van der Waals surface area contributed by atoms with Crippen LogP contribution < -0.4 is 9.47 Å². The fraction of sp³-hybridized carbons (Fsp3) is 0.182. The molecule has 3 rings (SSSR count). The van der Waals surface area contributed by atoms with Gasteiger partial charge in [0.1, 0.15) is 23.9 Å². The van der Waals surface area contributed by atoms with Gasteiger partial charge in [0.15, 0.2) is 0 Å². The highest BCUT2D eigenvalue weighted by Crippen LogP contribution is 2.29. The maximum Gasteiger partial charge on any atom is 0.131 e. The third-order valence-electron chi connectivity index (χ3n) is 3.92. The number of rotatable bonds is 8. The van der Waals surface area contributed by atoms with Crippen LogP contribution in [-0.4, -0.2) is 11.7 Å². The van der Waals surface area contributed by atoms with E-state index in [1.54, 1.807) is 6.07 Å². The van der Waals surface area contributed by atoms with Crippen LogP contribution >= 0.6 is 11.6 Å². The molecule has 0 aliphatic heterocycles. The SMILES string of the molecule is OCCCc1ccc(Oc2cccc(OCc3ccccc3)c2)cc1Cl. The lowest BCUT2D eigenvalue weighted by molar-refractivity contribution is 0.288. The quantitative estimate of drug-likeness (QED) is 0.559. The van der Waals surface area contributed by atoms with Crippen LogP contribution in [0.2, 0.25) is 5.02 Å². The minimum absolute atomic E-state index is 0.157. The summed E-state index contributed by atoms with van der Waals surface area (Å²) in [5.74, 6) is 2.11. The fourth-order valence-corrected chi connectivity index (χ4v) is 2.83. The Morgan fingerprint density at radius 3 is 2.35 bits per heavy atom. The van der Waals surface area contributed by atoms with E-state index >= 15 is 0 Å². The molecule has 0 unspecified atom stereocenters. The average molecular weight is 369 g/mol. The fourth-order valence-electron chi connectivity index (χ4n) is 2.57. The van der Waals surface area contributed by atoms with E-state index in [2.05, 4.69) is 0 Å². The molecule has 0 aromatic heterocycles. The zero-order chi connectivity index (χ0) is 18.2. The number of halogens is 1. The molecule has 3 aromatic rings. The van der Waals surface area contributed by atoms with Crippen molar-refractivity contribution in [3.8, 4) is 17.2 Å². The average Bonchev–Trinajstić information content (AvgIpc) is 2.67. The van der Waals surface area contributed by atoms with E-state index < -0.39 is 0 Å². The van der Waals surface area contributed by atoms with Gasteiger partial charge in [-0.05, 0) is 48.2 Å². The largest absolute Gasteiger partial charge is 0.489 e. The second-order valence-electron chi connectivity index (χ2n) is 5.93. The maximum atomic E-state index is 8.93. The first-order chi connectivity index (χ1) is 12.7.